The van der Waals surface area contributed by atoms with E-state index in [4.69, 9.17) is 9.84 Å². The highest BCUT2D eigenvalue weighted by Gasteiger charge is 2.12. The largest absolute Gasteiger partial charge is 0.479 e. The molecule has 0 saturated carbocycles. The molecule has 1 atom stereocenters. The molecule has 0 saturated heterocycles. The molecular weight excluding hydrogens is 166 g/mol. The number of carbonyl (C=O) groups is 1. The van der Waals surface area contributed by atoms with Gasteiger partial charge in [-0.1, -0.05) is 11.3 Å². The third-order valence-electron chi connectivity index (χ3n) is 1.04. The third kappa shape index (κ3) is 2.19. The summed E-state index contributed by atoms with van der Waals surface area (Å²) >= 11 is 1.27. The lowest BCUT2D eigenvalue weighted by atomic mass is 10.4. The molecule has 60 valence electrons. The van der Waals surface area contributed by atoms with Gasteiger partial charge in [-0.2, -0.15) is 0 Å². The average Bonchev–Trinajstić information content (AvgIpc) is 2.39. The van der Waals surface area contributed by atoms with Gasteiger partial charge in [-0.05, 0) is 6.92 Å². The summed E-state index contributed by atoms with van der Waals surface area (Å²) in [7, 11) is 0. The van der Waals surface area contributed by atoms with Crippen LogP contribution in [0.15, 0.2) is 11.6 Å². The van der Waals surface area contributed by atoms with Crippen molar-refractivity contribution >= 4 is 17.3 Å². The van der Waals surface area contributed by atoms with Gasteiger partial charge in [-0.15, -0.1) is 0 Å². The average molecular weight is 173 g/mol. The summed E-state index contributed by atoms with van der Waals surface area (Å²) in [6.45, 7) is 1.46. The van der Waals surface area contributed by atoms with Gasteiger partial charge in [0.15, 0.2) is 6.10 Å². The van der Waals surface area contributed by atoms with E-state index in [0.717, 1.165) is 0 Å². The molecule has 1 rings (SSSR count). The molecular formula is C6H7NO3S. The molecule has 0 amide bonds. The van der Waals surface area contributed by atoms with Gasteiger partial charge in [0.25, 0.3) is 5.19 Å². The number of rotatable bonds is 3. The van der Waals surface area contributed by atoms with E-state index in [-0.39, 0.29) is 0 Å². The van der Waals surface area contributed by atoms with E-state index in [1.165, 1.54) is 18.3 Å². The van der Waals surface area contributed by atoms with Crippen LogP contribution in [0.25, 0.3) is 0 Å². The fourth-order valence-electron chi connectivity index (χ4n) is 0.470. The second kappa shape index (κ2) is 3.34. The first-order valence-electron chi connectivity index (χ1n) is 2.99. The number of aliphatic carboxylic acids is 1. The van der Waals surface area contributed by atoms with Crippen molar-refractivity contribution in [1.82, 2.24) is 4.98 Å². The minimum atomic E-state index is -0.986. The Morgan fingerprint density at radius 1 is 1.91 bits per heavy atom. The van der Waals surface area contributed by atoms with Crippen molar-refractivity contribution in [3.8, 4) is 5.19 Å². The Balaban J connectivity index is 2.50. The summed E-state index contributed by atoms with van der Waals surface area (Å²) in [4.78, 5) is 14.0. The summed E-state index contributed by atoms with van der Waals surface area (Å²) < 4.78 is 4.92. The molecule has 5 heteroatoms. The highest BCUT2D eigenvalue weighted by atomic mass is 32.1. The van der Waals surface area contributed by atoms with E-state index in [0.29, 0.717) is 5.19 Å². The molecule has 0 spiro atoms. The van der Waals surface area contributed by atoms with Gasteiger partial charge >= 0.3 is 5.97 Å². The second-order valence-corrected chi connectivity index (χ2v) is 2.75. The van der Waals surface area contributed by atoms with Crippen molar-refractivity contribution in [3.63, 3.8) is 0 Å². The first-order chi connectivity index (χ1) is 5.20. The van der Waals surface area contributed by atoms with Crippen molar-refractivity contribution < 1.29 is 14.6 Å². The SMILES string of the molecule is CC(Oc1nccs1)C(=O)O. The highest BCUT2D eigenvalue weighted by molar-refractivity contribution is 7.11. The fourth-order valence-corrected chi connectivity index (χ4v) is 1.03. The van der Waals surface area contributed by atoms with E-state index in [1.54, 1.807) is 11.6 Å². The Hall–Kier alpha value is -1.10. The van der Waals surface area contributed by atoms with Crippen molar-refractivity contribution in [2.24, 2.45) is 0 Å². The number of nitrogens with zero attached hydrogens (tertiary/aromatic N) is 1. The topological polar surface area (TPSA) is 59.4 Å². The predicted molar refractivity (Wildman–Crippen MR) is 39.8 cm³/mol. The first kappa shape index (κ1) is 8.00. The van der Waals surface area contributed by atoms with Gasteiger partial charge in [0, 0.05) is 11.6 Å². The van der Waals surface area contributed by atoms with Gasteiger partial charge in [0.05, 0.1) is 0 Å². The van der Waals surface area contributed by atoms with E-state index < -0.39 is 12.1 Å². The Morgan fingerprint density at radius 3 is 3.09 bits per heavy atom. The van der Waals surface area contributed by atoms with E-state index in [9.17, 15) is 4.79 Å². The van der Waals surface area contributed by atoms with Gasteiger partial charge < -0.3 is 9.84 Å². The first-order valence-corrected chi connectivity index (χ1v) is 3.87. The normalized spacial score (nSPS) is 12.5. The number of thiazole rings is 1. The Kier molecular flexibility index (Phi) is 2.43. The molecule has 11 heavy (non-hydrogen) atoms. The monoisotopic (exact) mass is 173 g/mol. The maximum Gasteiger partial charge on any atom is 0.344 e. The molecule has 0 aliphatic heterocycles. The minimum absolute atomic E-state index is 0.389. The molecule has 0 fully saturated rings. The maximum absolute atomic E-state index is 10.3. The molecule has 0 radical (unpaired) electrons. The number of hydrogen-bond donors (Lipinski definition) is 1. The van der Waals surface area contributed by atoms with E-state index in [1.807, 2.05) is 0 Å². The molecule has 0 aliphatic carbocycles. The highest BCUT2D eigenvalue weighted by Crippen LogP contribution is 2.14. The van der Waals surface area contributed by atoms with Gasteiger partial charge in [-0.3, -0.25) is 0 Å². The van der Waals surface area contributed by atoms with Crippen LogP contribution in [0.2, 0.25) is 0 Å². The molecule has 1 N–H and O–H groups in total. The smallest absolute Gasteiger partial charge is 0.344 e. The zero-order valence-corrected chi connectivity index (χ0v) is 6.67. The molecule has 1 aromatic heterocycles. The zero-order valence-electron chi connectivity index (χ0n) is 5.85. The Bertz CT molecular complexity index is 234. The summed E-state index contributed by atoms with van der Waals surface area (Å²) in [5.74, 6) is -0.986. The van der Waals surface area contributed by atoms with Crippen LogP contribution in [0.4, 0.5) is 0 Å². The van der Waals surface area contributed by atoms with Crippen molar-refractivity contribution in [2.75, 3.05) is 0 Å². The lowest BCUT2D eigenvalue weighted by Gasteiger charge is -2.05. The number of ether oxygens (including phenoxy) is 1. The molecule has 1 unspecified atom stereocenters. The summed E-state index contributed by atoms with van der Waals surface area (Å²) in [5.41, 5.74) is 0. The summed E-state index contributed by atoms with van der Waals surface area (Å²) in [6, 6.07) is 0. The van der Waals surface area contributed by atoms with Crippen molar-refractivity contribution in [3.05, 3.63) is 11.6 Å². The second-order valence-electron chi connectivity index (χ2n) is 1.90. The predicted octanol–water partition coefficient (Wildman–Crippen LogP) is 0.995. The van der Waals surface area contributed by atoms with Crippen LogP contribution in [0.1, 0.15) is 6.92 Å². The van der Waals surface area contributed by atoms with Crippen LogP contribution in [0, 0.1) is 0 Å². The van der Waals surface area contributed by atoms with Gasteiger partial charge in [0.1, 0.15) is 0 Å². The Labute approximate surface area is 67.5 Å². The van der Waals surface area contributed by atoms with Gasteiger partial charge in [-0.25, -0.2) is 9.78 Å². The quantitative estimate of drug-likeness (QED) is 0.740. The summed E-state index contributed by atoms with van der Waals surface area (Å²) in [6.07, 6.45) is 0.732. The summed E-state index contributed by atoms with van der Waals surface area (Å²) in [5, 5.41) is 10.5. The van der Waals surface area contributed by atoms with Gasteiger partial charge in [0.2, 0.25) is 0 Å². The lowest BCUT2D eigenvalue weighted by Crippen LogP contribution is -2.22. The number of aromatic nitrogens is 1. The number of hydrogen-bond acceptors (Lipinski definition) is 4. The van der Waals surface area contributed by atoms with Crippen LogP contribution in [-0.2, 0) is 4.79 Å². The molecule has 0 aliphatic rings. The standard InChI is InChI=1S/C6H7NO3S/c1-4(5(8)9)10-6-7-2-3-11-6/h2-4H,1H3,(H,8,9). The van der Waals surface area contributed by atoms with Crippen LogP contribution < -0.4 is 4.74 Å². The third-order valence-corrected chi connectivity index (χ3v) is 1.70. The van der Waals surface area contributed by atoms with Crippen LogP contribution in [0.5, 0.6) is 5.19 Å². The maximum atomic E-state index is 10.3. The van der Waals surface area contributed by atoms with E-state index in [2.05, 4.69) is 4.98 Å². The van der Waals surface area contributed by atoms with Crippen LogP contribution >= 0.6 is 11.3 Å². The van der Waals surface area contributed by atoms with Crippen molar-refractivity contribution in [1.29, 1.82) is 0 Å². The lowest BCUT2D eigenvalue weighted by molar-refractivity contribution is -0.144. The molecule has 0 aromatic carbocycles. The number of carboxylic acid groups (broad SMARTS) is 1. The zero-order chi connectivity index (χ0) is 8.27. The Morgan fingerprint density at radius 2 is 2.64 bits per heavy atom. The molecule has 1 aromatic rings. The van der Waals surface area contributed by atoms with E-state index >= 15 is 0 Å². The molecule has 1 heterocycles. The fraction of sp³-hybridized carbons (Fsp3) is 0.333. The molecule has 0 bridgehead atoms. The van der Waals surface area contributed by atoms with Crippen LogP contribution in [-0.4, -0.2) is 22.2 Å². The number of carboxylic acids is 1. The van der Waals surface area contributed by atoms with Crippen LogP contribution in [0.3, 0.4) is 0 Å². The molecule has 4 nitrogen and oxygen atoms in total. The minimum Gasteiger partial charge on any atom is -0.479 e. The van der Waals surface area contributed by atoms with Crippen molar-refractivity contribution in [2.45, 2.75) is 13.0 Å².